The molecule has 1 rings (SSSR count). The van der Waals surface area contributed by atoms with Crippen molar-refractivity contribution in [3.63, 3.8) is 0 Å². The summed E-state index contributed by atoms with van der Waals surface area (Å²) >= 11 is 0. The topological polar surface area (TPSA) is 18.5 Å². The first-order valence-electron chi connectivity index (χ1n) is 3.56. The second-order valence-corrected chi connectivity index (χ2v) is 1.85. The third-order valence-electron chi connectivity index (χ3n) is 0.990. The van der Waals surface area contributed by atoms with Gasteiger partial charge in [0.05, 0.1) is 12.7 Å². The molecule has 0 aromatic carbocycles. The van der Waals surface area contributed by atoms with E-state index in [4.69, 9.17) is 9.47 Å². The molecule has 0 radical (unpaired) electrons. The van der Waals surface area contributed by atoms with Crippen molar-refractivity contribution in [1.29, 1.82) is 0 Å². The van der Waals surface area contributed by atoms with Crippen LogP contribution >= 0.6 is 0 Å². The molecule has 1 aliphatic rings. The van der Waals surface area contributed by atoms with Gasteiger partial charge in [0, 0.05) is 0 Å². The SMILES string of the molecule is CC.CC1COC(C)O1. The summed E-state index contributed by atoms with van der Waals surface area (Å²) in [5, 5.41) is 0. The second kappa shape index (κ2) is 4.77. The van der Waals surface area contributed by atoms with Crippen LogP contribution < -0.4 is 0 Å². The summed E-state index contributed by atoms with van der Waals surface area (Å²) in [6.45, 7) is 8.66. The fourth-order valence-corrected chi connectivity index (χ4v) is 0.677. The molecule has 1 fully saturated rings. The first kappa shape index (κ1) is 8.92. The van der Waals surface area contributed by atoms with Crippen LogP contribution in [0.2, 0.25) is 0 Å². The van der Waals surface area contributed by atoms with E-state index < -0.39 is 0 Å². The molecule has 56 valence electrons. The summed E-state index contributed by atoms with van der Waals surface area (Å²) in [4.78, 5) is 0. The van der Waals surface area contributed by atoms with Crippen LogP contribution in [0.1, 0.15) is 27.7 Å². The number of hydrogen-bond donors (Lipinski definition) is 0. The number of rotatable bonds is 0. The van der Waals surface area contributed by atoms with Gasteiger partial charge in [-0.15, -0.1) is 0 Å². The van der Waals surface area contributed by atoms with Crippen LogP contribution in [0.5, 0.6) is 0 Å². The molecule has 0 spiro atoms. The van der Waals surface area contributed by atoms with Gasteiger partial charge < -0.3 is 9.47 Å². The van der Waals surface area contributed by atoms with Gasteiger partial charge in [0.1, 0.15) is 0 Å². The van der Waals surface area contributed by atoms with Gasteiger partial charge in [-0.05, 0) is 13.8 Å². The normalized spacial score (nSPS) is 33.3. The van der Waals surface area contributed by atoms with Crippen LogP contribution in [-0.2, 0) is 9.47 Å². The summed E-state index contributed by atoms with van der Waals surface area (Å²) in [5.74, 6) is 0. The Kier molecular flexibility index (Phi) is 4.72. The van der Waals surface area contributed by atoms with Gasteiger partial charge in [0.2, 0.25) is 0 Å². The Balaban J connectivity index is 0.000000291. The molecule has 2 nitrogen and oxygen atoms in total. The second-order valence-electron chi connectivity index (χ2n) is 1.85. The molecule has 2 atom stereocenters. The third-order valence-corrected chi connectivity index (χ3v) is 0.990. The van der Waals surface area contributed by atoms with Gasteiger partial charge in [-0.1, -0.05) is 13.8 Å². The highest BCUT2D eigenvalue weighted by atomic mass is 16.7. The predicted octanol–water partition coefficient (Wildman–Crippen LogP) is 1.79. The van der Waals surface area contributed by atoms with Gasteiger partial charge >= 0.3 is 0 Å². The molecule has 1 saturated heterocycles. The first-order chi connectivity index (χ1) is 4.29. The largest absolute Gasteiger partial charge is 0.350 e. The Bertz CT molecular complexity index is 55.9. The molecule has 1 heterocycles. The average Bonchev–Trinajstić information content (AvgIpc) is 2.20. The lowest BCUT2D eigenvalue weighted by atomic mass is 10.5. The van der Waals surface area contributed by atoms with Crippen molar-refractivity contribution >= 4 is 0 Å². The van der Waals surface area contributed by atoms with Crippen LogP contribution in [0, 0.1) is 0 Å². The summed E-state index contributed by atoms with van der Waals surface area (Å²) < 4.78 is 10.2. The van der Waals surface area contributed by atoms with Crippen molar-refractivity contribution in [2.45, 2.75) is 40.1 Å². The van der Waals surface area contributed by atoms with E-state index in [1.807, 2.05) is 27.7 Å². The Morgan fingerprint density at radius 3 is 1.89 bits per heavy atom. The van der Waals surface area contributed by atoms with E-state index in [-0.39, 0.29) is 6.29 Å². The zero-order valence-corrected chi connectivity index (χ0v) is 6.68. The van der Waals surface area contributed by atoms with Crippen molar-refractivity contribution < 1.29 is 9.47 Å². The van der Waals surface area contributed by atoms with Crippen LogP contribution in [-0.4, -0.2) is 19.0 Å². The maximum atomic E-state index is 5.14. The Hall–Kier alpha value is -0.0800. The lowest BCUT2D eigenvalue weighted by Crippen LogP contribution is -2.03. The molecule has 0 aliphatic carbocycles. The van der Waals surface area contributed by atoms with Gasteiger partial charge in [0.25, 0.3) is 0 Å². The fraction of sp³-hybridized carbons (Fsp3) is 1.00. The van der Waals surface area contributed by atoms with E-state index >= 15 is 0 Å². The molecule has 0 bridgehead atoms. The highest BCUT2D eigenvalue weighted by molar-refractivity contribution is 4.54. The Morgan fingerprint density at radius 2 is 1.78 bits per heavy atom. The van der Waals surface area contributed by atoms with E-state index in [1.54, 1.807) is 0 Å². The molecule has 9 heavy (non-hydrogen) atoms. The van der Waals surface area contributed by atoms with Crippen LogP contribution in [0.25, 0.3) is 0 Å². The molecule has 2 unspecified atom stereocenters. The number of ether oxygens (including phenoxy) is 2. The summed E-state index contributed by atoms with van der Waals surface area (Å²) in [6.07, 6.45) is 0.324. The van der Waals surface area contributed by atoms with E-state index in [9.17, 15) is 0 Å². The number of hydrogen-bond acceptors (Lipinski definition) is 2. The molecular formula is C7H16O2. The van der Waals surface area contributed by atoms with Crippen molar-refractivity contribution in [2.24, 2.45) is 0 Å². The highest BCUT2D eigenvalue weighted by Gasteiger charge is 2.16. The predicted molar refractivity (Wildman–Crippen MR) is 37.3 cm³/mol. The van der Waals surface area contributed by atoms with E-state index in [0.717, 1.165) is 6.61 Å². The van der Waals surface area contributed by atoms with Crippen molar-refractivity contribution in [3.8, 4) is 0 Å². The maximum Gasteiger partial charge on any atom is 0.155 e. The van der Waals surface area contributed by atoms with Gasteiger partial charge in [-0.3, -0.25) is 0 Å². The molecule has 0 amide bonds. The van der Waals surface area contributed by atoms with Crippen LogP contribution in [0.3, 0.4) is 0 Å². The molecule has 2 heteroatoms. The fourth-order valence-electron chi connectivity index (χ4n) is 0.677. The molecule has 1 aliphatic heterocycles. The standard InChI is InChI=1S/C5H10O2.C2H6/c1-4-3-6-5(2)7-4;1-2/h4-5H,3H2,1-2H3;1-2H3. The lowest BCUT2D eigenvalue weighted by Gasteiger charge is -1.98. The minimum atomic E-state index is 0.0231. The highest BCUT2D eigenvalue weighted by Crippen LogP contribution is 2.08. The average molecular weight is 132 g/mol. The lowest BCUT2D eigenvalue weighted by molar-refractivity contribution is -0.0389. The van der Waals surface area contributed by atoms with E-state index in [2.05, 4.69) is 0 Å². The van der Waals surface area contributed by atoms with E-state index in [1.165, 1.54) is 0 Å². The Morgan fingerprint density at radius 1 is 1.22 bits per heavy atom. The molecule has 0 aromatic rings. The molecule has 0 N–H and O–H groups in total. The molecule has 0 saturated carbocycles. The molecule has 0 aromatic heterocycles. The maximum absolute atomic E-state index is 5.14. The molecular weight excluding hydrogens is 116 g/mol. The first-order valence-corrected chi connectivity index (χ1v) is 3.56. The summed E-state index contributed by atoms with van der Waals surface area (Å²) in [5.41, 5.74) is 0. The van der Waals surface area contributed by atoms with Crippen LogP contribution in [0.15, 0.2) is 0 Å². The van der Waals surface area contributed by atoms with Gasteiger partial charge in [-0.2, -0.15) is 0 Å². The van der Waals surface area contributed by atoms with Crippen molar-refractivity contribution in [3.05, 3.63) is 0 Å². The van der Waals surface area contributed by atoms with Gasteiger partial charge in [-0.25, -0.2) is 0 Å². The third kappa shape index (κ3) is 3.49. The minimum Gasteiger partial charge on any atom is -0.350 e. The van der Waals surface area contributed by atoms with Crippen LogP contribution in [0.4, 0.5) is 0 Å². The summed E-state index contributed by atoms with van der Waals surface area (Å²) in [6, 6.07) is 0. The zero-order valence-electron chi connectivity index (χ0n) is 6.68. The summed E-state index contributed by atoms with van der Waals surface area (Å²) in [7, 11) is 0. The van der Waals surface area contributed by atoms with E-state index in [0.29, 0.717) is 6.10 Å². The van der Waals surface area contributed by atoms with Crippen molar-refractivity contribution in [1.82, 2.24) is 0 Å². The Labute approximate surface area is 57.2 Å². The monoisotopic (exact) mass is 132 g/mol. The van der Waals surface area contributed by atoms with Crippen molar-refractivity contribution in [2.75, 3.05) is 6.61 Å². The minimum absolute atomic E-state index is 0.0231. The quantitative estimate of drug-likeness (QED) is 0.500. The smallest absolute Gasteiger partial charge is 0.155 e. The zero-order chi connectivity index (χ0) is 7.28. The van der Waals surface area contributed by atoms with Gasteiger partial charge in [0.15, 0.2) is 6.29 Å².